The van der Waals surface area contributed by atoms with E-state index >= 15 is 0 Å². The van der Waals surface area contributed by atoms with Crippen molar-refractivity contribution in [2.24, 2.45) is 0 Å². The van der Waals surface area contributed by atoms with Crippen molar-refractivity contribution in [3.8, 4) is 0 Å². The Bertz CT molecular complexity index is 1280. The van der Waals surface area contributed by atoms with Crippen LogP contribution in [0.15, 0.2) is 60.9 Å². The van der Waals surface area contributed by atoms with Gasteiger partial charge in [-0.25, -0.2) is 18.7 Å². The average Bonchev–Trinajstić information content (AvgIpc) is 2.92. The molecular weight excluding hydrogens is 480 g/mol. The average molecular weight is 508 g/mol. The zero-order valence-electron chi connectivity index (χ0n) is 20.3. The summed E-state index contributed by atoms with van der Waals surface area (Å²) in [5.74, 6) is -3.76. The highest BCUT2D eigenvalue weighted by Gasteiger charge is 2.29. The molecule has 0 saturated carbocycles. The Morgan fingerprint density at radius 2 is 1.68 bits per heavy atom. The maximum Gasteiger partial charge on any atom is 0.273 e. The van der Waals surface area contributed by atoms with Gasteiger partial charge in [-0.05, 0) is 43.0 Å². The number of piperidine rings is 1. The van der Waals surface area contributed by atoms with E-state index < -0.39 is 23.4 Å². The molecule has 4 rings (SSSR count). The van der Waals surface area contributed by atoms with Gasteiger partial charge in [0, 0.05) is 37.1 Å². The zero-order chi connectivity index (χ0) is 26.4. The van der Waals surface area contributed by atoms with Crippen LogP contribution in [0.3, 0.4) is 0 Å². The van der Waals surface area contributed by atoms with Gasteiger partial charge in [-0.3, -0.25) is 14.4 Å². The fourth-order valence-corrected chi connectivity index (χ4v) is 4.37. The Morgan fingerprint density at radius 1 is 0.973 bits per heavy atom. The first-order valence-corrected chi connectivity index (χ1v) is 12.1. The molecule has 2 N–H and O–H groups in total. The summed E-state index contributed by atoms with van der Waals surface area (Å²) in [6, 6.07) is 12.2. The topological polar surface area (TPSA) is 104 Å². The van der Waals surface area contributed by atoms with Crippen LogP contribution in [0.1, 0.15) is 58.5 Å². The van der Waals surface area contributed by atoms with Crippen molar-refractivity contribution in [1.29, 1.82) is 0 Å². The fourth-order valence-electron chi connectivity index (χ4n) is 4.37. The van der Waals surface area contributed by atoms with E-state index in [2.05, 4.69) is 20.6 Å². The molecule has 8 nitrogen and oxygen atoms in total. The molecule has 1 aliphatic rings. The predicted molar refractivity (Wildman–Crippen MR) is 133 cm³/mol. The Balaban J connectivity index is 1.36. The van der Waals surface area contributed by atoms with Gasteiger partial charge in [0.05, 0.1) is 5.92 Å². The third-order valence-corrected chi connectivity index (χ3v) is 6.38. The molecule has 1 fully saturated rings. The molecule has 1 aliphatic heterocycles. The van der Waals surface area contributed by atoms with Gasteiger partial charge in [-0.1, -0.05) is 37.3 Å². The first kappa shape index (κ1) is 25.9. The lowest BCUT2D eigenvalue weighted by atomic mass is 9.93. The Kier molecular flexibility index (Phi) is 8.17. The van der Waals surface area contributed by atoms with Gasteiger partial charge in [0.15, 0.2) is 23.1 Å². The monoisotopic (exact) mass is 507 g/mol. The summed E-state index contributed by atoms with van der Waals surface area (Å²) >= 11 is 0. The molecule has 1 aromatic heterocycles. The largest absolute Gasteiger partial charge is 0.348 e. The van der Waals surface area contributed by atoms with E-state index in [4.69, 9.17) is 0 Å². The maximum atomic E-state index is 13.5. The van der Waals surface area contributed by atoms with Gasteiger partial charge in [0.25, 0.3) is 11.8 Å². The van der Waals surface area contributed by atoms with E-state index in [0.29, 0.717) is 32.4 Å². The summed E-state index contributed by atoms with van der Waals surface area (Å²) < 4.78 is 26.7. The van der Waals surface area contributed by atoms with E-state index in [0.717, 1.165) is 23.8 Å². The predicted octanol–water partition coefficient (Wildman–Crippen LogP) is 3.92. The highest BCUT2D eigenvalue weighted by Crippen LogP contribution is 2.24. The molecule has 3 amide bonds. The number of nitrogens with zero attached hydrogens (tertiary/aromatic N) is 3. The first-order valence-electron chi connectivity index (χ1n) is 12.1. The van der Waals surface area contributed by atoms with Crippen molar-refractivity contribution in [1.82, 2.24) is 20.2 Å². The molecule has 2 heterocycles. The van der Waals surface area contributed by atoms with Crippen molar-refractivity contribution in [2.75, 3.05) is 18.4 Å². The lowest BCUT2D eigenvalue weighted by molar-refractivity contribution is -0.134. The minimum Gasteiger partial charge on any atom is -0.348 e. The molecule has 0 spiro atoms. The molecule has 0 bridgehead atoms. The molecule has 0 aliphatic carbocycles. The van der Waals surface area contributed by atoms with Crippen LogP contribution in [0.5, 0.6) is 0 Å². The summed E-state index contributed by atoms with van der Waals surface area (Å²) in [6.45, 7) is 3.01. The van der Waals surface area contributed by atoms with Crippen LogP contribution in [-0.2, 0) is 4.79 Å². The second-order valence-corrected chi connectivity index (χ2v) is 8.78. The number of amides is 3. The highest BCUT2D eigenvalue weighted by atomic mass is 19.2. The van der Waals surface area contributed by atoms with Crippen molar-refractivity contribution in [3.63, 3.8) is 0 Å². The molecule has 2 aromatic carbocycles. The van der Waals surface area contributed by atoms with E-state index in [-0.39, 0.29) is 34.9 Å². The van der Waals surface area contributed by atoms with Crippen molar-refractivity contribution in [2.45, 2.75) is 38.1 Å². The molecule has 1 atom stereocenters. The van der Waals surface area contributed by atoms with Crippen LogP contribution in [0.25, 0.3) is 0 Å². The Morgan fingerprint density at radius 3 is 2.35 bits per heavy atom. The van der Waals surface area contributed by atoms with E-state index in [9.17, 15) is 23.2 Å². The highest BCUT2D eigenvalue weighted by molar-refractivity contribution is 6.07. The van der Waals surface area contributed by atoms with Crippen molar-refractivity contribution >= 4 is 23.5 Å². The van der Waals surface area contributed by atoms with Gasteiger partial charge in [0.1, 0.15) is 0 Å². The molecular formula is C27H27F2N5O3. The SMILES string of the molecule is CC[C@@H](C(=O)N1CCC(NC(=O)c2nccnc2NC(=O)c2ccc(F)c(F)c2)CC1)c1ccccc1. The molecule has 0 radical (unpaired) electrons. The number of likely N-dealkylation sites (tertiary alicyclic amines) is 1. The smallest absolute Gasteiger partial charge is 0.273 e. The normalized spacial score (nSPS) is 14.6. The van der Waals surface area contributed by atoms with E-state index in [1.54, 1.807) is 0 Å². The number of aromatic nitrogens is 2. The lowest BCUT2D eigenvalue weighted by Gasteiger charge is -2.34. The third kappa shape index (κ3) is 6.14. The van der Waals surface area contributed by atoms with Crippen LogP contribution in [0.2, 0.25) is 0 Å². The fraction of sp³-hybridized carbons (Fsp3) is 0.296. The second-order valence-electron chi connectivity index (χ2n) is 8.78. The molecule has 192 valence electrons. The number of benzene rings is 2. The number of hydrogen-bond donors (Lipinski definition) is 2. The first-order chi connectivity index (χ1) is 17.9. The van der Waals surface area contributed by atoms with Crippen LogP contribution in [-0.4, -0.2) is 51.7 Å². The van der Waals surface area contributed by atoms with Crippen LogP contribution in [0, 0.1) is 11.6 Å². The number of halogens is 2. The minimum absolute atomic E-state index is 0.0784. The summed E-state index contributed by atoms with van der Waals surface area (Å²) in [5.41, 5.74) is 0.756. The van der Waals surface area contributed by atoms with E-state index in [1.807, 2.05) is 42.2 Å². The standard InChI is InChI=1S/C27H27F2N5O3/c1-2-20(17-6-4-3-5-7-17)27(37)34-14-10-19(11-15-34)32-26(36)23-24(31-13-12-30-23)33-25(35)18-8-9-21(28)22(29)16-18/h3-9,12-13,16,19-20H,2,10-11,14-15H2,1H3,(H,32,36)(H,31,33,35)/t20-/m1/s1. The number of carbonyl (C=O) groups excluding carboxylic acids is 3. The number of carbonyl (C=O) groups is 3. The quantitative estimate of drug-likeness (QED) is 0.505. The number of nitrogens with one attached hydrogen (secondary N) is 2. The van der Waals surface area contributed by atoms with Crippen molar-refractivity contribution in [3.05, 3.63) is 89.4 Å². The van der Waals surface area contributed by atoms with Crippen LogP contribution >= 0.6 is 0 Å². The minimum atomic E-state index is -1.16. The van der Waals surface area contributed by atoms with E-state index in [1.165, 1.54) is 12.4 Å². The van der Waals surface area contributed by atoms with Crippen molar-refractivity contribution < 1.29 is 23.2 Å². The molecule has 1 saturated heterocycles. The molecule has 0 unspecified atom stereocenters. The maximum absolute atomic E-state index is 13.5. The summed E-state index contributed by atoms with van der Waals surface area (Å²) in [6.07, 6.45) is 4.46. The van der Waals surface area contributed by atoms with Crippen LogP contribution in [0.4, 0.5) is 14.6 Å². The van der Waals surface area contributed by atoms with Gasteiger partial charge < -0.3 is 15.5 Å². The van der Waals surface area contributed by atoms with Gasteiger partial charge in [-0.15, -0.1) is 0 Å². The summed E-state index contributed by atoms with van der Waals surface area (Å²) in [4.78, 5) is 48.5. The number of anilines is 1. The molecule has 10 heteroatoms. The van der Waals surface area contributed by atoms with Gasteiger partial charge in [-0.2, -0.15) is 0 Å². The summed E-state index contributed by atoms with van der Waals surface area (Å²) in [5, 5.41) is 5.33. The number of rotatable bonds is 7. The van der Waals surface area contributed by atoms with Gasteiger partial charge in [0.2, 0.25) is 5.91 Å². The Hall–Kier alpha value is -4.21. The Labute approximate surface area is 213 Å². The van der Waals surface area contributed by atoms with Crippen LogP contribution < -0.4 is 10.6 Å². The van der Waals surface area contributed by atoms with Gasteiger partial charge >= 0.3 is 0 Å². The molecule has 37 heavy (non-hydrogen) atoms. The summed E-state index contributed by atoms with van der Waals surface area (Å²) in [7, 11) is 0. The zero-order valence-corrected chi connectivity index (χ0v) is 20.3. The third-order valence-electron chi connectivity index (χ3n) is 6.38. The second kappa shape index (κ2) is 11.7. The lowest BCUT2D eigenvalue weighted by Crippen LogP contribution is -2.48. The number of hydrogen-bond acceptors (Lipinski definition) is 5. The molecule has 3 aromatic rings.